The fraction of sp³-hybridized carbons (Fsp3) is 0.158. The molecule has 0 saturated carbocycles. The lowest BCUT2D eigenvalue weighted by Gasteiger charge is -2.14. The maximum absolute atomic E-state index is 12.9. The van der Waals surface area contributed by atoms with Gasteiger partial charge in [-0.1, -0.05) is 40.9 Å². The molecule has 0 aliphatic carbocycles. The molecule has 31 heavy (non-hydrogen) atoms. The third kappa shape index (κ3) is 4.31. The van der Waals surface area contributed by atoms with Gasteiger partial charge in [0, 0.05) is 21.8 Å². The normalized spacial score (nSPS) is 12.4. The minimum absolute atomic E-state index is 0.00645. The SMILES string of the molecule is O=C(O)Cn1c(C(O)c2ccc(Cl)cc2Cl)cn(Cc2nc3ccc(Cl)nc3[nH]2)c1=O. The number of carboxylic acid groups (broad SMARTS) is 1. The first kappa shape index (κ1) is 21.4. The van der Waals surface area contributed by atoms with E-state index in [0.717, 1.165) is 4.57 Å². The molecule has 1 aromatic carbocycles. The maximum Gasteiger partial charge on any atom is 0.329 e. The van der Waals surface area contributed by atoms with Crippen molar-refractivity contribution in [2.24, 2.45) is 0 Å². The Morgan fingerprint density at radius 3 is 2.65 bits per heavy atom. The van der Waals surface area contributed by atoms with Gasteiger partial charge in [-0.05, 0) is 24.3 Å². The van der Waals surface area contributed by atoms with Crippen molar-refractivity contribution in [3.63, 3.8) is 0 Å². The van der Waals surface area contributed by atoms with Crippen LogP contribution < -0.4 is 5.69 Å². The van der Waals surface area contributed by atoms with Crippen molar-refractivity contribution < 1.29 is 15.0 Å². The molecule has 4 rings (SSSR count). The molecule has 0 bridgehead atoms. The number of nitrogens with one attached hydrogen (secondary N) is 1. The molecule has 0 saturated heterocycles. The number of hydrogen-bond donors (Lipinski definition) is 3. The number of aromatic amines is 1. The van der Waals surface area contributed by atoms with Crippen LogP contribution in [-0.4, -0.2) is 40.3 Å². The number of halogens is 3. The zero-order valence-corrected chi connectivity index (χ0v) is 17.9. The van der Waals surface area contributed by atoms with Crippen LogP contribution in [0.15, 0.2) is 41.3 Å². The predicted octanol–water partition coefficient (Wildman–Crippen LogP) is 3.10. The monoisotopic (exact) mass is 481 g/mol. The number of carbonyl (C=O) groups is 1. The molecular formula is C19H14Cl3N5O4. The minimum Gasteiger partial charge on any atom is -0.480 e. The lowest BCUT2D eigenvalue weighted by atomic mass is 10.1. The summed E-state index contributed by atoms with van der Waals surface area (Å²) in [5.74, 6) is -0.831. The molecule has 1 atom stereocenters. The maximum atomic E-state index is 12.9. The van der Waals surface area contributed by atoms with E-state index >= 15 is 0 Å². The molecule has 4 aromatic rings. The van der Waals surface area contributed by atoms with Gasteiger partial charge in [-0.2, -0.15) is 0 Å². The molecule has 12 heteroatoms. The predicted molar refractivity (Wildman–Crippen MR) is 115 cm³/mol. The van der Waals surface area contributed by atoms with E-state index in [0.29, 0.717) is 22.0 Å². The molecule has 1 unspecified atom stereocenters. The average molecular weight is 483 g/mol. The van der Waals surface area contributed by atoms with Gasteiger partial charge in [-0.15, -0.1) is 0 Å². The van der Waals surface area contributed by atoms with Crippen LogP contribution >= 0.6 is 34.8 Å². The summed E-state index contributed by atoms with van der Waals surface area (Å²) in [6.07, 6.45) is 0.0169. The number of aliphatic carboxylic acids is 1. The van der Waals surface area contributed by atoms with Crippen molar-refractivity contribution in [2.45, 2.75) is 19.2 Å². The van der Waals surface area contributed by atoms with Crippen LogP contribution in [0.25, 0.3) is 11.2 Å². The van der Waals surface area contributed by atoms with Gasteiger partial charge in [0.2, 0.25) is 0 Å². The summed E-state index contributed by atoms with van der Waals surface area (Å²) in [5.41, 5.74) is 0.728. The Morgan fingerprint density at radius 1 is 1.16 bits per heavy atom. The Balaban J connectivity index is 1.75. The first-order valence-electron chi connectivity index (χ1n) is 8.88. The van der Waals surface area contributed by atoms with Gasteiger partial charge in [0.1, 0.15) is 29.1 Å². The second kappa shape index (κ2) is 8.35. The summed E-state index contributed by atoms with van der Waals surface area (Å²) in [6, 6.07) is 7.77. The summed E-state index contributed by atoms with van der Waals surface area (Å²) in [5, 5.41) is 21.0. The molecule has 3 heterocycles. The Kier molecular flexibility index (Phi) is 5.76. The van der Waals surface area contributed by atoms with Crippen LogP contribution in [0.3, 0.4) is 0 Å². The molecule has 0 spiro atoms. The number of aromatic nitrogens is 5. The number of aliphatic hydroxyl groups excluding tert-OH is 1. The van der Waals surface area contributed by atoms with Gasteiger partial charge in [-0.3, -0.25) is 13.9 Å². The molecule has 0 amide bonds. The molecule has 3 N–H and O–H groups in total. The number of carboxylic acids is 1. The quantitative estimate of drug-likeness (QED) is 0.363. The van der Waals surface area contributed by atoms with Gasteiger partial charge in [0.15, 0.2) is 5.65 Å². The first-order chi connectivity index (χ1) is 14.7. The highest BCUT2D eigenvalue weighted by molar-refractivity contribution is 6.35. The van der Waals surface area contributed by atoms with Crippen molar-refractivity contribution in [3.05, 3.63) is 79.3 Å². The third-order valence-electron chi connectivity index (χ3n) is 4.59. The zero-order valence-electron chi connectivity index (χ0n) is 15.6. The van der Waals surface area contributed by atoms with Crippen LogP contribution in [0.5, 0.6) is 0 Å². The highest BCUT2D eigenvalue weighted by atomic mass is 35.5. The van der Waals surface area contributed by atoms with Gasteiger partial charge in [0.25, 0.3) is 0 Å². The van der Waals surface area contributed by atoms with Crippen LogP contribution in [0.4, 0.5) is 0 Å². The number of fused-ring (bicyclic) bond motifs is 1. The van der Waals surface area contributed by atoms with Crippen molar-refractivity contribution in [2.75, 3.05) is 0 Å². The molecular weight excluding hydrogens is 469 g/mol. The second-order valence-corrected chi connectivity index (χ2v) is 7.93. The van der Waals surface area contributed by atoms with Crippen molar-refractivity contribution in [1.82, 2.24) is 24.1 Å². The van der Waals surface area contributed by atoms with E-state index in [4.69, 9.17) is 34.8 Å². The van der Waals surface area contributed by atoms with E-state index in [9.17, 15) is 19.8 Å². The highest BCUT2D eigenvalue weighted by Crippen LogP contribution is 2.30. The van der Waals surface area contributed by atoms with Crippen LogP contribution in [0, 0.1) is 0 Å². The minimum atomic E-state index is -1.35. The standard InChI is InChI=1S/C19H14Cl3N5O4/c20-9-1-2-10(11(21)5-9)17(30)13-6-26(19(31)27(13)8-16(28)29)7-15-23-12-3-4-14(22)24-18(12)25-15/h1-6,17,30H,7-8H2,(H,28,29)(H,23,24,25). The van der Waals surface area contributed by atoms with Gasteiger partial charge < -0.3 is 15.2 Å². The number of H-pyrrole nitrogens is 1. The van der Waals surface area contributed by atoms with Crippen molar-refractivity contribution in [1.29, 1.82) is 0 Å². The lowest BCUT2D eigenvalue weighted by Crippen LogP contribution is -2.29. The van der Waals surface area contributed by atoms with Gasteiger partial charge >= 0.3 is 11.7 Å². The fourth-order valence-electron chi connectivity index (χ4n) is 3.21. The summed E-state index contributed by atoms with van der Waals surface area (Å²) < 4.78 is 2.21. The molecule has 0 aliphatic rings. The highest BCUT2D eigenvalue weighted by Gasteiger charge is 2.23. The molecule has 3 aromatic heterocycles. The van der Waals surface area contributed by atoms with Crippen molar-refractivity contribution in [3.8, 4) is 0 Å². The number of pyridine rings is 1. The average Bonchev–Trinajstić information content (AvgIpc) is 3.22. The number of rotatable bonds is 6. The molecule has 0 fully saturated rings. The number of hydrogen-bond acceptors (Lipinski definition) is 5. The topological polar surface area (TPSA) is 126 Å². The zero-order chi connectivity index (χ0) is 22.3. The summed E-state index contributed by atoms with van der Waals surface area (Å²) in [4.78, 5) is 35.7. The second-order valence-electron chi connectivity index (χ2n) is 6.70. The molecule has 0 radical (unpaired) electrons. The fourth-order valence-corrected chi connectivity index (χ4v) is 3.87. The van der Waals surface area contributed by atoms with Crippen LogP contribution in [0.1, 0.15) is 23.2 Å². The number of imidazole rings is 2. The first-order valence-corrected chi connectivity index (χ1v) is 10.0. The van der Waals surface area contributed by atoms with E-state index in [1.54, 1.807) is 12.1 Å². The van der Waals surface area contributed by atoms with E-state index in [1.165, 1.54) is 29.0 Å². The summed E-state index contributed by atoms with van der Waals surface area (Å²) in [7, 11) is 0. The Bertz CT molecular complexity index is 1360. The Morgan fingerprint density at radius 2 is 1.94 bits per heavy atom. The Labute approximate surface area is 189 Å². The van der Waals surface area contributed by atoms with Gasteiger partial charge in [0.05, 0.1) is 12.2 Å². The lowest BCUT2D eigenvalue weighted by molar-refractivity contribution is -0.137. The van der Waals surface area contributed by atoms with Crippen molar-refractivity contribution >= 4 is 51.9 Å². The number of nitrogens with zero attached hydrogens (tertiary/aromatic N) is 4. The van der Waals surface area contributed by atoms with Crippen LogP contribution in [-0.2, 0) is 17.9 Å². The smallest absolute Gasteiger partial charge is 0.329 e. The van der Waals surface area contributed by atoms with Crippen LogP contribution in [0.2, 0.25) is 15.2 Å². The van der Waals surface area contributed by atoms with Gasteiger partial charge in [-0.25, -0.2) is 14.8 Å². The number of aliphatic hydroxyl groups is 1. The molecule has 0 aliphatic heterocycles. The number of benzene rings is 1. The van der Waals surface area contributed by atoms with E-state index in [2.05, 4.69) is 15.0 Å². The van der Waals surface area contributed by atoms with E-state index < -0.39 is 24.3 Å². The summed E-state index contributed by atoms with van der Waals surface area (Å²) in [6.45, 7) is -0.645. The summed E-state index contributed by atoms with van der Waals surface area (Å²) >= 11 is 18.0. The van der Waals surface area contributed by atoms with E-state index in [-0.39, 0.29) is 28.0 Å². The Hall–Kier alpha value is -2.85. The molecule has 160 valence electrons. The largest absolute Gasteiger partial charge is 0.480 e. The third-order valence-corrected chi connectivity index (χ3v) is 5.36. The molecule has 9 nitrogen and oxygen atoms in total. The van der Waals surface area contributed by atoms with E-state index in [1.807, 2.05) is 0 Å².